The van der Waals surface area contributed by atoms with Crippen LogP contribution in [0.4, 0.5) is 5.69 Å². The number of ketones is 1. The second-order valence-electron chi connectivity index (χ2n) is 8.82. The smallest absolute Gasteiger partial charge is 0.295 e. The maximum absolute atomic E-state index is 13.3. The van der Waals surface area contributed by atoms with Crippen molar-refractivity contribution in [2.75, 3.05) is 45.4 Å². The Morgan fingerprint density at radius 1 is 1.18 bits per heavy atom. The van der Waals surface area contributed by atoms with Crippen LogP contribution in [0.1, 0.15) is 30.0 Å². The maximum Gasteiger partial charge on any atom is 0.295 e. The SMILES string of the molecule is COc1cccc(C2/C(=C(/O)c3ccc4c(c3)N(C)CCO4)C(=O)C(=O)N2CC2CCCO2)c1. The van der Waals surface area contributed by atoms with Crippen LogP contribution in [-0.4, -0.2) is 68.3 Å². The Kier molecular flexibility index (Phi) is 5.91. The van der Waals surface area contributed by atoms with Gasteiger partial charge in [0.15, 0.2) is 0 Å². The van der Waals surface area contributed by atoms with E-state index in [1.165, 1.54) is 4.90 Å². The number of likely N-dealkylation sites (tertiary alicyclic amines) is 1. The third kappa shape index (κ3) is 3.88. The first-order valence-corrected chi connectivity index (χ1v) is 11.5. The molecule has 2 fully saturated rings. The van der Waals surface area contributed by atoms with Crippen LogP contribution in [0.25, 0.3) is 5.76 Å². The number of benzene rings is 2. The number of fused-ring (bicyclic) bond motifs is 1. The van der Waals surface area contributed by atoms with E-state index < -0.39 is 17.7 Å². The minimum atomic E-state index is -0.746. The van der Waals surface area contributed by atoms with Crippen molar-refractivity contribution in [3.8, 4) is 11.5 Å². The number of hydrogen-bond donors (Lipinski definition) is 1. The Labute approximate surface area is 198 Å². The van der Waals surface area contributed by atoms with E-state index in [2.05, 4.69) is 0 Å². The molecule has 0 aromatic heterocycles. The fourth-order valence-electron chi connectivity index (χ4n) is 4.89. The van der Waals surface area contributed by atoms with Crippen molar-refractivity contribution in [2.24, 2.45) is 0 Å². The normalized spacial score (nSPS) is 23.7. The molecule has 0 bridgehead atoms. The summed E-state index contributed by atoms with van der Waals surface area (Å²) in [4.78, 5) is 30.0. The van der Waals surface area contributed by atoms with Gasteiger partial charge < -0.3 is 29.1 Å². The number of amides is 1. The van der Waals surface area contributed by atoms with Crippen LogP contribution in [0.3, 0.4) is 0 Å². The fraction of sp³-hybridized carbons (Fsp3) is 0.385. The minimum absolute atomic E-state index is 0.0654. The van der Waals surface area contributed by atoms with E-state index in [9.17, 15) is 14.7 Å². The largest absolute Gasteiger partial charge is 0.507 e. The molecule has 3 aliphatic heterocycles. The maximum atomic E-state index is 13.3. The molecular weight excluding hydrogens is 436 g/mol. The molecule has 3 heterocycles. The van der Waals surface area contributed by atoms with Crippen LogP contribution in [0.2, 0.25) is 0 Å². The molecule has 5 rings (SSSR count). The number of rotatable bonds is 5. The highest BCUT2D eigenvalue weighted by Gasteiger charge is 2.47. The van der Waals surface area contributed by atoms with Gasteiger partial charge in [-0.25, -0.2) is 0 Å². The molecular formula is C26H28N2O6. The van der Waals surface area contributed by atoms with E-state index in [1.54, 1.807) is 37.4 Å². The molecule has 0 saturated carbocycles. The first-order chi connectivity index (χ1) is 16.5. The second kappa shape index (κ2) is 9.02. The lowest BCUT2D eigenvalue weighted by molar-refractivity contribution is -0.140. The third-order valence-electron chi connectivity index (χ3n) is 6.70. The van der Waals surface area contributed by atoms with Gasteiger partial charge in [-0.1, -0.05) is 12.1 Å². The Balaban J connectivity index is 1.62. The fourth-order valence-corrected chi connectivity index (χ4v) is 4.89. The Morgan fingerprint density at radius 3 is 2.79 bits per heavy atom. The molecule has 2 aromatic carbocycles. The topological polar surface area (TPSA) is 88.5 Å². The molecule has 178 valence electrons. The van der Waals surface area contributed by atoms with Gasteiger partial charge in [0.1, 0.15) is 23.9 Å². The number of nitrogens with zero attached hydrogens (tertiary/aromatic N) is 2. The number of anilines is 1. The first kappa shape index (κ1) is 22.3. The average Bonchev–Trinajstić information content (AvgIpc) is 3.46. The van der Waals surface area contributed by atoms with Crippen molar-refractivity contribution < 1.29 is 28.9 Å². The molecule has 1 amide bonds. The highest BCUT2D eigenvalue weighted by molar-refractivity contribution is 6.46. The summed E-state index contributed by atoms with van der Waals surface area (Å²) in [5.74, 6) is -0.224. The molecule has 2 unspecified atom stereocenters. The molecule has 0 aliphatic carbocycles. The monoisotopic (exact) mass is 464 g/mol. The van der Waals surface area contributed by atoms with Crippen LogP contribution in [0.5, 0.6) is 11.5 Å². The number of aliphatic hydroxyl groups excluding tert-OH is 1. The summed E-state index contributed by atoms with van der Waals surface area (Å²) in [5, 5.41) is 11.4. The number of ether oxygens (including phenoxy) is 3. The predicted octanol–water partition coefficient (Wildman–Crippen LogP) is 3.12. The molecule has 0 radical (unpaired) electrons. The van der Waals surface area contributed by atoms with E-state index in [0.29, 0.717) is 42.4 Å². The lowest BCUT2D eigenvalue weighted by Gasteiger charge is -2.29. The highest BCUT2D eigenvalue weighted by atomic mass is 16.5. The van der Waals surface area contributed by atoms with Gasteiger partial charge in [-0.2, -0.15) is 0 Å². The van der Waals surface area contributed by atoms with Gasteiger partial charge in [0, 0.05) is 25.8 Å². The van der Waals surface area contributed by atoms with Gasteiger partial charge in [-0.05, 0) is 48.7 Å². The van der Waals surface area contributed by atoms with Crippen molar-refractivity contribution in [2.45, 2.75) is 25.0 Å². The highest BCUT2D eigenvalue weighted by Crippen LogP contribution is 2.42. The van der Waals surface area contributed by atoms with Crippen LogP contribution >= 0.6 is 0 Å². The zero-order valence-corrected chi connectivity index (χ0v) is 19.3. The summed E-state index contributed by atoms with van der Waals surface area (Å²) >= 11 is 0. The number of carbonyl (C=O) groups excluding carboxylic acids is 2. The van der Waals surface area contributed by atoms with Gasteiger partial charge in [-0.15, -0.1) is 0 Å². The molecule has 8 nitrogen and oxygen atoms in total. The third-order valence-corrected chi connectivity index (χ3v) is 6.70. The van der Waals surface area contributed by atoms with Crippen molar-refractivity contribution >= 4 is 23.1 Å². The van der Waals surface area contributed by atoms with Crippen LogP contribution in [0, 0.1) is 0 Å². The van der Waals surface area contributed by atoms with E-state index in [-0.39, 0.29) is 24.0 Å². The molecule has 2 aromatic rings. The summed E-state index contributed by atoms with van der Waals surface area (Å²) in [6, 6.07) is 11.8. The number of aliphatic hydroxyl groups is 1. The molecule has 34 heavy (non-hydrogen) atoms. The molecule has 2 saturated heterocycles. The summed E-state index contributed by atoms with van der Waals surface area (Å²) in [7, 11) is 3.51. The van der Waals surface area contributed by atoms with Crippen molar-refractivity contribution in [1.29, 1.82) is 0 Å². The summed E-state index contributed by atoms with van der Waals surface area (Å²) in [6.45, 7) is 2.22. The Hall–Kier alpha value is -3.52. The first-order valence-electron chi connectivity index (χ1n) is 11.5. The summed E-state index contributed by atoms with van der Waals surface area (Å²) in [5.41, 5.74) is 2.04. The van der Waals surface area contributed by atoms with Gasteiger partial charge in [0.25, 0.3) is 11.7 Å². The van der Waals surface area contributed by atoms with Crippen LogP contribution in [0.15, 0.2) is 48.0 Å². The number of methoxy groups -OCH3 is 1. The Morgan fingerprint density at radius 2 is 2.03 bits per heavy atom. The van der Waals surface area contributed by atoms with Crippen molar-refractivity contribution in [3.63, 3.8) is 0 Å². The molecule has 0 spiro atoms. The number of carbonyl (C=O) groups is 2. The predicted molar refractivity (Wildman–Crippen MR) is 126 cm³/mol. The molecule has 1 N–H and O–H groups in total. The van der Waals surface area contributed by atoms with Gasteiger partial charge in [0.05, 0.1) is 37.1 Å². The zero-order valence-electron chi connectivity index (χ0n) is 19.3. The van der Waals surface area contributed by atoms with Crippen LogP contribution < -0.4 is 14.4 Å². The standard InChI is InChI=1S/C26H28N2O6/c1-27-10-12-34-21-9-8-17(14-20(21)27)24(29)22-23(16-5-3-6-18(13-16)32-2)28(26(31)25(22)30)15-19-7-4-11-33-19/h3,5-6,8-9,13-14,19,23,29H,4,7,10-12,15H2,1-2H3/b24-22-. The Bertz CT molecular complexity index is 1150. The zero-order chi connectivity index (χ0) is 23.8. The number of hydrogen-bond acceptors (Lipinski definition) is 7. The van der Waals surface area contributed by atoms with Gasteiger partial charge in [-0.3, -0.25) is 9.59 Å². The number of Topliss-reactive ketones (excluding diaryl/α,β-unsaturated/α-hetero) is 1. The van der Waals surface area contributed by atoms with Crippen LogP contribution in [-0.2, 0) is 14.3 Å². The second-order valence-corrected chi connectivity index (χ2v) is 8.82. The molecule has 3 aliphatic rings. The van der Waals surface area contributed by atoms with Crippen molar-refractivity contribution in [3.05, 3.63) is 59.2 Å². The van der Waals surface area contributed by atoms with E-state index in [1.807, 2.05) is 24.1 Å². The molecule has 8 heteroatoms. The lowest BCUT2D eigenvalue weighted by atomic mass is 9.94. The van der Waals surface area contributed by atoms with E-state index in [0.717, 1.165) is 18.5 Å². The summed E-state index contributed by atoms with van der Waals surface area (Å²) < 4.78 is 16.8. The van der Waals surface area contributed by atoms with Gasteiger partial charge >= 0.3 is 0 Å². The van der Waals surface area contributed by atoms with Gasteiger partial charge in [0.2, 0.25) is 0 Å². The quantitative estimate of drug-likeness (QED) is 0.413. The lowest BCUT2D eigenvalue weighted by Crippen LogP contribution is -2.36. The van der Waals surface area contributed by atoms with E-state index in [4.69, 9.17) is 14.2 Å². The molecule has 2 atom stereocenters. The minimum Gasteiger partial charge on any atom is -0.507 e. The van der Waals surface area contributed by atoms with Crippen molar-refractivity contribution in [1.82, 2.24) is 4.90 Å². The summed E-state index contributed by atoms with van der Waals surface area (Å²) in [6.07, 6.45) is 1.61. The average molecular weight is 465 g/mol. The number of likely N-dealkylation sites (N-methyl/N-ethyl adjacent to an activating group) is 1. The van der Waals surface area contributed by atoms with E-state index >= 15 is 0 Å².